The summed E-state index contributed by atoms with van der Waals surface area (Å²) in [6, 6.07) is 7.21. The fraction of sp³-hybridized carbons (Fsp3) is 0.600. The van der Waals surface area contributed by atoms with Crippen molar-refractivity contribution in [3.63, 3.8) is 0 Å². The summed E-state index contributed by atoms with van der Waals surface area (Å²) in [7, 11) is 0. The molecule has 12 N–H and O–H groups in total. The maximum absolute atomic E-state index is 12.5. The van der Waals surface area contributed by atoms with Crippen LogP contribution in [-0.2, 0) is 33.2 Å². The van der Waals surface area contributed by atoms with Crippen molar-refractivity contribution in [1.82, 2.24) is 0 Å². The van der Waals surface area contributed by atoms with Crippen molar-refractivity contribution >= 4 is 37.7 Å². The van der Waals surface area contributed by atoms with Gasteiger partial charge in [-0.3, -0.25) is 0 Å². The van der Waals surface area contributed by atoms with E-state index in [2.05, 4.69) is 0 Å². The van der Waals surface area contributed by atoms with E-state index in [1.165, 1.54) is 0 Å². The third kappa shape index (κ3) is 10.1. The minimum atomic E-state index is -0.724. The molecule has 9 heteroatoms. The van der Waals surface area contributed by atoms with Gasteiger partial charge in [0.2, 0.25) is 0 Å². The van der Waals surface area contributed by atoms with E-state index in [4.69, 9.17) is 34.4 Å². The van der Waals surface area contributed by atoms with E-state index < -0.39 is 33.2 Å². The Morgan fingerprint density at radius 1 is 0.385 bits per heavy atom. The van der Waals surface area contributed by atoms with E-state index >= 15 is 0 Å². The zero-order chi connectivity index (χ0) is 30.4. The molecule has 0 unspecified atom stereocenters. The minimum absolute atomic E-state index is 0. The molecule has 216 valence electrons. The van der Waals surface area contributed by atoms with Gasteiger partial charge in [-0.05, 0) is 116 Å². The van der Waals surface area contributed by atoms with Gasteiger partial charge >= 0.3 is 37.7 Å². The monoisotopic (exact) mass is 568 g/mol. The van der Waals surface area contributed by atoms with Crippen LogP contribution in [0.5, 0.6) is 11.5 Å². The molecular formula is C30H52CaN6O2. The summed E-state index contributed by atoms with van der Waals surface area (Å²) in [5.41, 5.74) is 36.7. The molecule has 0 atom stereocenters. The van der Waals surface area contributed by atoms with Crippen LogP contribution >= 0.6 is 0 Å². The quantitative estimate of drug-likeness (QED) is 0.285. The minimum Gasteiger partial charge on any atom is -0.872 e. The SMILES string of the molecule is CC(C)(N)c1cc(C(C)(C)N)c([O-])c(C(C)(C)N)c1.CC(C)(N)c1cc(C(C)(C)N)c([O-])c(C(C)(C)N)c1.[Ca+2]. The number of benzene rings is 2. The molecule has 8 nitrogen and oxygen atoms in total. The van der Waals surface area contributed by atoms with Crippen LogP contribution < -0.4 is 44.6 Å². The van der Waals surface area contributed by atoms with Crippen LogP contribution in [0.2, 0.25) is 0 Å². The maximum atomic E-state index is 12.5. The Kier molecular flexibility index (Phi) is 11.8. The van der Waals surface area contributed by atoms with Crippen LogP contribution in [0.4, 0.5) is 0 Å². The van der Waals surface area contributed by atoms with E-state index in [1.54, 1.807) is 24.3 Å². The normalized spacial score (nSPS) is 13.4. The van der Waals surface area contributed by atoms with Crippen molar-refractivity contribution in [1.29, 1.82) is 0 Å². The Morgan fingerprint density at radius 2 is 0.538 bits per heavy atom. The van der Waals surface area contributed by atoms with Gasteiger partial charge in [-0.2, -0.15) is 0 Å². The molecule has 0 spiro atoms. The Bertz CT molecular complexity index is 975. The first-order chi connectivity index (χ1) is 16.5. The second kappa shape index (κ2) is 12.1. The molecule has 0 amide bonds. The topological polar surface area (TPSA) is 202 Å². The Balaban J connectivity index is 0.000000722. The van der Waals surface area contributed by atoms with Gasteiger partial charge in [0.25, 0.3) is 0 Å². The van der Waals surface area contributed by atoms with E-state index in [9.17, 15) is 10.2 Å². The predicted molar refractivity (Wildman–Crippen MR) is 161 cm³/mol. The number of nitrogens with two attached hydrogens (primary N) is 6. The summed E-state index contributed by atoms with van der Waals surface area (Å²) < 4.78 is 0. The molecule has 39 heavy (non-hydrogen) atoms. The Morgan fingerprint density at radius 3 is 0.641 bits per heavy atom. The van der Waals surface area contributed by atoms with Crippen molar-refractivity contribution < 1.29 is 10.2 Å². The summed E-state index contributed by atoms with van der Waals surface area (Å²) in [6.07, 6.45) is 0. The van der Waals surface area contributed by atoms with E-state index in [0.29, 0.717) is 22.3 Å². The molecule has 0 fully saturated rings. The fourth-order valence-corrected chi connectivity index (χ4v) is 3.92. The largest absolute Gasteiger partial charge is 2.00 e. The zero-order valence-electron chi connectivity index (χ0n) is 26.3. The second-order valence-corrected chi connectivity index (χ2v) is 14.1. The van der Waals surface area contributed by atoms with Crippen molar-refractivity contribution in [3.8, 4) is 11.5 Å². The van der Waals surface area contributed by atoms with E-state index in [-0.39, 0.29) is 49.2 Å². The van der Waals surface area contributed by atoms with Crippen molar-refractivity contribution in [3.05, 3.63) is 57.6 Å². The van der Waals surface area contributed by atoms with Crippen LogP contribution in [0, 0.1) is 0 Å². The summed E-state index contributed by atoms with van der Waals surface area (Å²) in [4.78, 5) is 0. The van der Waals surface area contributed by atoms with Crippen molar-refractivity contribution in [2.75, 3.05) is 0 Å². The summed E-state index contributed by atoms with van der Waals surface area (Å²) >= 11 is 0. The van der Waals surface area contributed by atoms with Crippen LogP contribution in [0.1, 0.15) is 116 Å². The first kappa shape index (κ1) is 38.1. The molecule has 0 saturated heterocycles. The van der Waals surface area contributed by atoms with Crippen LogP contribution in [0.3, 0.4) is 0 Å². The van der Waals surface area contributed by atoms with Crippen LogP contribution in [0.25, 0.3) is 0 Å². The van der Waals surface area contributed by atoms with Gasteiger partial charge in [-0.25, -0.2) is 0 Å². The standard InChI is InChI=1S/2C15H27N3O.Ca/c2*1-13(2,16)9-7-10(14(3,4)17)12(19)11(8-9)15(5,6)18;/h2*7-8,19H,16-18H2,1-6H3;/q;;+2/p-2. The van der Waals surface area contributed by atoms with Crippen molar-refractivity contribution in [2.45, 2.75) is 116 Å². The zero-order valence-corrected chi connectivity index (χ0v) is 28.5. The molecule has 0 aliphatic heterocycles. The molecule has 0 radical (unpaired) electrons. The molecule has 2 aromatic rings. The Labute approximate surface area is 266 Å². The Hall–Kier alpha value is -0.940. The van der Waals surface area contributed by atoms with Gasteiger partial charge in [0, 0.05) is 33.2 Å². The number of hydrogen-bond donors (Lipinski definition) is 6. The van der Waals surface area contributed by atoms with Gasteiger partial charge < -0.3 is 44.6 Å². The molecule has 0 heterocycles. The van der Waals surface area contributed by atoms with Crippen LogP contribution in [0.15, 0.2) is 24.3 Å². The molecular weight excluding hydrogens is 516 g/mol. The summed E-state index contributed by atoms with van der Waals surface area (Å²) in [6.45, 7) is 22.1. The van der Waals surface area contributed by atoms with Gasteiger partial charge in [-0.15, -0.1) is 0 Å². The van der Waals surface area contributed by atoms with Crippen LogP contribution in [-0.4, -0.2) is 37.7 Å². The average molecular weight is 569 g/mol. The predicted octanol–water partition coefficient (Wildman–Crippen LogP) is 2.30. The third-order valence-corrected chi connectivity index (χ3v) is 6.44. The van der Waals surface area contributed by atoms with Gasteiger partial charge in [0.15, 0.2) is 0 Å². The molecule has 0 bridgehead atoms. The first-order valence-corrected chi connectivity index (χ1v) is 12.9. The number of hydrogen-bond acceptors (Lipinski definition) is 8. The molecule has 2 rings (SSSR count). The summed E-state index contributed by atoms with van der Waals surface area (Å²) in [5.74, 6) is -0.180. The van der Waals surface area contributed by atoms with Gasteiger partial charge in [-0.1, -0.05) is 35.8 Å². The molecule has 0 saturated carbocycles. The average Bonchev–Trinajstić information content (AvgIpc) is 2.63. The maximum Gasteiger partial charge on any atom is 2.00 e. The molecule has 0 aromatic heterocycles. The van der Waals surface area contributed by atoms with Gasteiger partial charge in [0.1, 0.15) is 0 Å². The smallest absolute Gasteiger partial charge is 0.872 e. The van der Waals surface area contributed by atoms with E-state index in [0.717, 1.165) is 11.1 Å². The van der Waals surface area contributed by atoms with Crippen molar-refractivity contribution in [2.24, 2.45) is 34.4 Å². The third-order valence-electron chi connectivity index (χ3n) is 6.44. The fourth-order valence-electron chi connectivity index (χ4n) is 3.92. The summed E-state index contributed by atoms with van der Waals surface area (Å²) in [5, 5.41) is 25.1. The first-order valence-electron chi connectivity index (χ1n) is 12.9. The molecule has 0 aliphatic rings. The van der Waals surface area contributed by atoms with E-state index in [1.807, 2.05) is 83.1 Å². The molecule has 0 aliphatic carbocycles. The van der Waals surface area contributed by atoms with Gasteiger partial charge in [0.05, 0.1) is 0 Å². The molecule has 2 aromatic carbocycles. The second-order valence-electron chi connectivity index (χ2n) is 14.1. The number of rotatable bonds is 6.